The molecule has 23 heavy (non-hydrogen) atoms. The van der Waals surface area contributed by atoms with Crippen LogP contribution in [0, 0.1) is 0 Å². The third kappa shape index (κ3) is 3.34. The maximum absolute atomic E-state index is 12.5. The third-order valence-electron chi connectivity index (χ3n) is 4.83. The molecule has 3 rings (SSSR count). The van der Waals surface area contributed by atoms with E-state index in [1.165, 1.54) is 30.4 Å². The van der Waals surface area contributed by atoms with E-state index >= 15 is 0 Å². The van der Waals surface area contributed by atoms with Crippen LogP contribution in [0.25, 0.3) is 11.3 Å². The molecule has 1 heterocycles. The van der Waals surface area contributed by atoms with Gasteiger partial charge in [-0.05, 0) is 67.0 Å². The number of aromatic nitrogens is 1. The first-order valence-corrected chi connectivity index (χ1v) is 8.82. The van der Waals surface area contributed by atoms with Gasteiger partial charge in [0.05, 0.1) is 11.4 Å². The zero-order valence-electron chi connectivity index (χ0n) is 14.0. The van der Waals surface area contributed by atoms with Crippen LogP contribution in [0.3, 0.4) is 0 Å². The molecule has 1 aromatic heterocycles. The van der Waals surface area contributed by atoms with E-state index in [2.05, 4.69) is 25.1 Å². The fourth-order valence-corrected chi connectivity index (χ4v) is 3.48. The maximum atomic E-state index is 12.5. The molecule has 1 aliphatic rings. The lowest BCUT2D eigenvalue weighted by Gasteiger charge is -2.19. The molecule has 1 aromatic carbocycles. The van der Waals surface area contributed by atoms with E-state index in [1.807, 2.05) is 10.6 Å². The van der Waals surface area contributed by atoms with Gasteiger partial charge in [-0.25, -0.2) is 0 Å². The lowest BCUT2D eigenvalue weighted by atomic mass is 9.90. The van der Waals surface area contributed by atoms with E-state index in [4.69, 9.17) is 5.73 Å². The van der Waals surface area contributed by atoms with Crippen molar-refractivity contribution in [3.05, 3.63) is 51.8 Å². The average Bonchev–Trinajstić information content (AvgIpc) is 2.58. The summed E-state index contributed by atoms with van der Waals surface area (Å²) in [5.41, 5.74) is 11.2. The van der Waals surface area contributed by atoms with Crippen LogP contribution < -0.4 is 11.3 Å². The molecule has 122 valence electrons. The number of unbranched alkanes of at least 4 members (excludes halogenated alkanes) is 2. The highest BCUT2D eigenvalue weighted by Crippen LogP contribution is 2.27. The molecule has 0 atom stereocenters. The summed E-state index contributed by atoms with van der Waals surface area (Å²) < 4.78 is 1.86. The molecule has 0 saturated heterocycles. The first-order chi connectivity index (χ1) is 11.2. The summed E-state index contributed by atoms with van der Waals surface area (Å²) in [6, 6.07) is 10.4. The van der Waals surface area contributed by atoms with Gasteiger partial charge < -0.3 is 10.3 Å². The Balaban J connectivity index is 2.01. The fraction of sp³-hybridized carbons (Fsp3) is 0.450. The SMILES string of the molecule is CCCCCn1c(-c2ccc3c(c2)CCCC3)ccc(N)c1=O. The van der Waals surface area contributed by atoms with E-state index in [0.717, 1.165) is 43.5 Å². The largest absolute Gasteiger partial charge is 0.394 e. The smallest absolute Gasteiger partial charge is 0.274 e. The zero-order chi connectivity index (χ0) is 16.2. The van der Waals surface area contributed by atoms with Crippen molar-refractivity contribution in [2.24, 2.45) is 0 Å². The molecule has 0 aliphatic heterocycles. The molecule has 0 radical (unpaired) electrons. The second-order valence-electron chi connectivity index (χ2n) is 6.53. The number of pyridine rings is 1. The number of hydrogen-bond acceptors (Lipinski definition) is 2. The summed E-state index contributed by atoms with van der Waals surface area (Å²) in [5, 5.41) is 0. The molecule has 0 fully saturated rings. The van der Waals surface area contributed by atoms with Crippen LogP contribution in [0.2, 0.25) is 0 Å². The number of fused-ring (bicyclic) bond motifs is 1. The molecule has 0 saturated carbocycles. The van der Waals surface area contributed by atoms with Gasteiger partial charge in [-0.3, -0.25) is 4.79 Å². The second kappa shape index (κ2) is 7.03. The standard InChI is InChI=1S/C20H26N2O/c1-2-3-6-13-22-19(12-11-18(21)20(22)23)17-10-9-15-7-4-5-8-16(15)14-17/h9-12,14H,2-8,13,21H2,1H3. The van der Waals surface area contributed by atoms with Crippen LogP contribution in [0.5, 0.6) is 0 Å². The highest BCUT2D eigenvalue weighted by molar-refractivity contribution is 5.63. The molecule has 3 nitrogen and oxygen atoms in total. The molecule has 0 bridgehead atoms. The quantitative estimate of drug-likeness (QED) is 0.843. The summed E-state index contributed by atoms with van der Waals surface area (Å²) in [7, 11) is 0. The van der Waals surface area contributed by atoms with E-state index in [9.17, 15) is 4.79 Å². The monoisotopic (exact) mass is 310 g/mol. The van der Waals surface area contributed by atoms with Crippen LogP contribution in [-0.4, -0.2) is 4.57 Å². The molecule has 0 spiro atoms. The van der Waals surface area contributed by atoms with Gasteiger partial charge in [0.15, 0.2) is 0 Å². The van der Waals surface area contributed by atoms with Gasteiger partial charge in [0, 0.05) is 6.54 Å². The van der Waals surface area contributed by atoms with Crippen molar-refractivity contribution in [2.45, 2.75) is 58.4 Å². The van der Waals surface area contributed by atoms with Crippen molar-refractivity contribution < 1.29 is 0 Å². The van der Waals surface area contributed by atoms with Crippen molar-refractivity contribution in [2.75, 3.05) is 5.73 Å². The van der Waals surface area contributed by atoms with Crippen molar-refractivity contribution in [1.82, 2.24) is 4.57 Å². The highest BCUT2D eigenvalue weighted by atomic mass is 16.1. The predicted octanol–water partition coefficient (Wildman–Crippen LogP) is 4.17. The van der Waals surface area contributed by atoms with Crippen molar-refractivity contribution >= 4 is 5.69 Å². The Labute approximate surface area is 138 Å². The van der Waals surface area contributed by atoms with Crippen LogP contribution in [0.15, 0.2) is 35.1 Å². The van der Waals surface area contributed by atoms with E-state index in [1.54, 1.807) is 6.07 Å². The fourth-order valence-electron chi connectivity index (χ4n) is 3.48. The summed E-state index contributed by atoms with van der Waals surface area (Å²) in [6.45, 7) is 2.91. The Morgan fingerprint density at radius 2 is 1.83 bits per heavy atom. The zero-order valence-corrected chi connectivity index (χ0v) is 14.0. The Morgan fingerprint density at radius 1 is 1.04 bits per heavy atom. The minimum atomic E-state index is -0.0590. The van der Waals surface area contributed by atoms with Crippen molar-refractivity contribution in [3.63, 3.8) is 0 Å². The number of benzene rings is 1. The molecular formula is C20H26N2O. The van der Waals surface area contributed by atoms with Crippen LogP contribution in [0.1, 0.15) is 50.2 Å². The van der Waals surface area contributed by atoms with Crippen LogP contribution in [-0.2, 0) is 19.4 Å². The lowest BCUT2D eigenvalue weighted by molar-refractivity contribution is 0.593. The van der Waals surface area contributed by atoms with Gasteiger partial charge in [0.2, 0.25) is 0 Å². The normalized spacial score (nSPS) is 13.8. The van der Waals surface area contributed by atoms with Gasteiger partial charge in [-0.15, -0.1) is 0 Å². The average molecular weight is 310 g/mol. The Hall–Kier alpha value is -2.03. The van der Waals surface area contributed by atoms with Crippen molar-refractivity contribution in [3.8, 4) is 11.3 Å². The first-order valence-electron chi connectivity index (χ1n) is 8.82. The van der Waals surface area contributed by atoms with Gasteiger partial charge >= 0.3 is 0 Å². The minimum absolute atomic E-state index is 0.0590. The molecule has 2 aromatic rings. The second-order valence-corrected chi connectivity index (χ2v) is 6.53. The topological polar surface area (TPSA) is 48.0 Å². The van der Waals surface area contributed by atoms with Crippen LogP contribution >= 0.6 is 0 Å². The summed E-state index contributed by atoms with van der Waals surface area (Å²) in [5.74, 6) is 0. The number of aryl methyl sites for hydroxylation is 2. The maximum Gasteiger partial charge on any atom is 0.274 e. The molecule has 3 heteroatoms. The minimum Gasteiger partial charge on any atom is -0.394 e. The highest BCUT2D eigenvalue weighted by Gasteiger charge is 2.13. The van der Waals surface area contributed by atoms with E-state index in [-0.39, 0.29) is 5.56 Å². The van der Waals surface area contributed by atoms with Crippen LogP contribution in [0.4, 0.5) is 5.69 Å². The number of anilines is 1. The Bertz CT molecular complexity index is 746. The molecule has 1 aliphatic carbocycles. The molecule has 2 N–H and O–H groups in total. The van der Waals surface area contributed by atoms with Crippen molar-refractivity contribution in [1.29, 1.82) is 0 Å². The number of nitrogens with two attached hydrogens (primary N) is 1. The van der Waals surface area contributed by atoms with Gasteiger partial charge in [-0.2, -0.15) is 0 Å². The number of nitrogens with zero attached hydrogens (tertiary/aromatic N) is 1. The number of hydrogen-bond donors (Lipinski definition) is 1. The molecule has 0 unspecified atom stereocenters. The molecule has 0 amide bonds. The van der Waals surface area contributed by atoms with E-state index < -0.39 is 0 Å². The van der Waals surface area contributed by atoms with E-state index in [0.29, 0.717) is 5.69 Å². The third-order valence-corrected chi connectivity index (χ3v) is 4.83. The van der Waals surface area contributed by atoms with Gasteiger partial charge in [0.25, 0.3) is 5.56 Å². The number of nitrogen functional groups attached to an aromatic ring is 1. The Morgan fingerprint density at radius 3 is 2.61 bits per heavy atom. The summed E-state index contributed by atoms with van der Waals surface area (Å²) in [4.78, 5) is 12.5. The Kier molecular flexibility index (Phi) is 4.85. The lowest BCUT2D eigenvalue weighted by Crippen LogP contribution is -2.24. The first kappa shape index (κ1) is 15.9. The van der Waals surface area contributed by atoms with Gasteiger partial charge in [-0.1, -0.05) is 31.9 Å². The summed E-state index contributed by atoms with van der Waals surface area (Å²) >= 11 is 0. The van der Waals surface area contributed by atoms with Gasteiger partial charge in [0.1, 0.15) is 0 Å². The molecular weight excluding hydrogens is 284 g/mol. The number of rotatable bonds is 5. The summed E-state index contributed by atoms with van der Waals surface area (Å²) in [6.07, 6.45) is 8.17. The predicted molar refractivity (Wildman–Crippen MR) is 96.7 cm³/mol.